The summed E-state index contributed by atoms with van der Waals surface area (Å²) in [4.78, 5) is 22.8. The van der Waals surface area contributed by atoms with Crippen molar-refractivity contribution in [3.05, 3.63) is 12.2 Å². The zero-order chi connectivity index (χ0) is 32.2. The third-order valence-electron chi connectivity index (χ3n) is 7.76. The molecule has 8 nitrogen and oxygen atoms in total. The Hall–Kier alpha value is -0.760. The van der Waals surface area contributed by atoms with Crippen molar-refractivity contribution in [2.45, 2.75) is 161 Å². The van der Waals surface area contributed by atoms with Crippen LogP contribution in [-0.4, -0.2) is 73.4 Å². The minimum absolute atomic E-state index is 0.0732. The van der Waals surface area contributed by atoms with Gasteiger partial charge in [-0.25, -0.2) is 4.57 Å². The lowest BCUT2D eigenvalue weighted by atomic mass is 10.0. The Morgan fingerprint density at radius 1 is 0.767 bits per heavy atom. The van der Waals surface area contributed by atoms with E-state index in [1.54, 1.807) is 0 Å². The molecule has 0 fully saturated rings. The number of quaternary nitrogens is 1. The summed E-state index contributed by atoms with van der Waals surface area (Å²) in [6.45, 7) is 4.76. The van der Waals surface area contributed by atoms with E-state index in [-0.39, 0.29) is 19.1 Å². The van der Waals surface area contributed by atoms with Crippen molar-refractivity contribution < 1.29 is 32.9 Å². The van der Waals surface area contributed by atoms with Crippen molar-refractivity contribution in [2.75, 3.05) is 40.9 Å². The van der Waals surface area contributed by atoms with E-state index in [9.17, 15) is 19.4 Å². The summed E-state index contributed by atoms with van der Waals surface area (Å²) in [6.07, 6.45) is 27.0. The third-order valence-corrected chi connectivity index (χ3v) is 8.75. The molecule has 9 heteroatoms. The number of nitrogens with one attached hydrogen (secondary N) is 1. The van der Waals surface area contributed by atoms with Crippen LogP contribution in [0.25, 0.3) is 0 Å². The molecule has 0 heterocycles. The number of aliphatic hydroxyl groups is 1. The van der Waals surface area contributed by atoms with Crippen molar-refractivity contribution in [2.24, 2.45) is 0 Å². The maximum absolute atomic E-state index is 12.7. The highest BCUT2D eigenvalue weighted by Gasteiger charge is 2.28. The first kappa shape index (κ1) is 42.2. The van der Waals surface area contributed by atoms with Gasteiger partial charge in [0.2, 0.25) is 5.91 Å². The van der Waals surface area contributed by atoms with Crippen LogP contribution in [0, 0.1) is 0 Å². The molecule has 0 rings (SSSR count). The van der Waals surface area contributed by atoms with Gasteiger partial charge in [-0.1, -0.05) is 116 Å². The average molecular weight is 634 g/mol. The highest BCUT2D eigenvalue weighted by atomic mass is 31.2. The lowest BCUT2D eigenvalue weighted by molar-refractivity contribution is -0.870. The minimum Gasteiger partial charge on any atom is -0.391 e. The second-order valence-corrected chi connectivity index (χ2v) is 14.7. The zero-order valence-corrected chi connectivity index (χ0v) is 29.6. The summed E-state index contributed by atoms with van der Waals surface area (Å²) in [5.41, 5.74) is 0. The largest absolute Gasteiger partial charge is 0.472 e. The number of likely N-dealkylation sites (N-methyl/N-ethyl adjacent to an activating group) is 1. The number of aliphatic hydroxyl groups excluding tert-OH is 1. The average Bonchev–Trinajstić information content (AvgIpc) is 2.94. The molecule has 43 heavy (non-hydrogen) atoms. The van der Waals surface area contributed by atoms with E-state index in [0.717, 1.165) is 64.2 Å². The van der Waals surface area contributed by atoms with Crippen LogP contribution < -0.4 is 5.32 Å². The van der Waals surface area contributed by atoms with Crippen molar-refractivity contribution >= 4 is 13.7 Å². The number of rotatable bonds is 31. The molecule has 0 aromatic rings. The summed E-state index contributed by atoms with van der Waals surface area (Å²) in [5, 5.41) is 13.7. The van der Waals surface area contributed by atoms with Gasteiger partial charge in [0.25, 0.3) is 0 Å². The Balaban J connectivity index is 4.31. The maximum Gasteiger partial charge on any atom is 0.472 e. The highest BCUT2D eigenvalue weighted by molar-refractivity contribution is 7.47. The molecule has 0 aromatic heterocycles. The van der Waals surface area contributed by atoms with Gasteiger partial charge < -0.3 is 19.8 Å². The maximum atomic E-state index is 12.7. The number of carbonyl (C=O) groups is 1. The summed E-state index contributed by atoms with van der Waals surface area (Å²) in [7, 11) is 1.60. The minimum atomic E-state index is -4.29. The fraction of sp³-hybridized carbons (Fsp3) is 0.912. The molecule has 0 spiro atoms. The molecule has 3 atom stereocenters. The number of unbranched alkanes of at least 4 members (excludes halogenated alkanes) is 16. The molecule has 256 valence electrons. The molecule has 0 aliphatic carbocycles. The number of phosphoric acid groups is 1. The molecule has 0 saturated carbocycles. The van der Waals surface area contributed by atoms with Crippen LogP contribution in [-0.2, 0) is 18.4 Å². The fourth-order valence-corrected chi connectivity index (χ4v) is 5.60. The lowest BCUT2D eigenvalue weighted by Crippen LogP contribution is -2.46. The SMILES string of the molecule is CCCCCCCCC/C=C\CCCCCCCC(=O)NC(COP(=O)(O)OCC[N+](C)(C)C)C(O)CCCCCCC. The summed E-state index contributed by atoms with van der Waals surface area (Å²) in [5.74, 6) is -0.161. The molecule has 3 unspecified atom stereocenters. The second kappa shape index (κ2) is 27.5. The molecular formula is C34H70N2O6P+. The molecule has 0 aliphatic rings. The molecular weight excluding hydrogens is 563 g/mol. The number of carbonyl (C=O) groups excluding carboxylic acids is 1. The van der Waals surface area contributed by atoms with Gasteiger partial charge in [0, 0.05) is 6.42 Å². The van der Waals surface area contributed by atoms with Gasteiger partial charge in [-0.3, -0.25) is 13.8 Å². The van der Waals surface area contributed by atoms with E-state index >= 15 is 0 Å². The summed E-state index contributed by atoms with van der Waals surface area (Å²) in [6, 6.07) is -0.756. The Bertz CT molecular complexity index is 728. The van der Waals surface area contributed by atoms with Crippen LogP contribution in [0.1, 0.15) is 149 Å². The van der Waals surface area contributed by atoms with Gasteiger partial charge in [0.05, 0.1) is 39.9 Å². The molecule has 1 amide bonds. The molecule has 0 saturated heterocycles. The Labute approximate surface area is 265 Å². The van der Waals surface area contributed by atoms with Crippen molar-refractivity contribution in [1.29, 1.82) is 0 Å². The van der Waals surface area contributed by atoms with E-state index < -0.39 is 20.0 Å². The quantitative estimate of drug-likeness (QED) is 0.0306. The summed E-state index contributed by atoms with van der Waals surface area (Å²) >= 11 is 0. The number of nitrogens with zero attached hydrogens (tertiary/aromatic N) is 1. The normalized spacial score (nSPS) is 15.0. The molecule has 3 N–H and O–H groups in total. The van der Waals surface area contributed by atoms with Crippen molar-refractivity contribution in [1.82, 2.24) is 5.32 Å². The van der Waals surface area contributed by atoms with E-state index in [1.807, 2.05) is 21.1 Å². The first-order valence-corrected chi connectivity index (χ1v) is 19.0. The van der Waals surface area contributed by atoms with Crippen LogP contribution in [0.5, 0.6) is 0 Å². The predicted molar refractivity (Wildman–Crippen MR) is 180 cm³/mol. The number of hydrogen-bond acceptors (Lipinski definition) is 5. The van der Waals surface area contributed by atoms with E-state index in [4.69, 9.17) is 9.05 Å². The zero-order valence-electron chi connectivity index (χ0n) is 28.7. The smallest absolute Gasteiger partial charge is 0.391 e. The third kappa shape index (κ3) is 29.7. The van der Waals surface area contributed by atoms with Crippen LogP contribution in [0.3, 0.4) is 0 Å². The Kier molecular flexibility index (Phi) is 27.1. The lowest BCUT2D eigenvalue weighted by Gasteiger charge is -2.26. The molecule has 0 bridgehead atoms. The Morgan fingerprint density at radius 2 is 1.26 bits per heavy atom. The van der Waals surface area contributed by atoms with Gasteiger partial charge in [-0.05, 0) is 38.5 Å². The first-order valence-electron chi connectivity index (χ1n) is 17.6. The number of hydrogen-bond donors (Lipinski definition) is 3. The second-order valence-electron chi connectivity index (χ2n) is 13.2. The fourth-order valence-electron chi connectivity index (χ4n) is 4.86. The Morgan fingerprint density at radius 3 is 1.79 bits per heavy atom. The molecule has 0 radical (unpaired) electrons. The van der Waals surface area contributed by atoms with Crippen LogP contribution in [0.15, 0.2) is 12.2 Å². The van der Waals surface area contributed by atoms with Gasteiger partial charge in [-0.15, -0.1) is 0 Å². The van der Waals surface area contributed by atoms with E-state index in [1.165, 1.54) is 57.8 Å². The van der Waals surface area contributed by atoms with Gasteiger partial charge in [0.1, 0.15) is 13.2 Å². The monoisotopic (exact) mass is 633 g/mol. The standard InChI is InChI=1S/C34H69N2O6P/c1-6-8-10-12-13-14-15-16-17-18-19-20-21-22-24-26-28-34(38)35-32(33(37)27-25-23-11-9-7-2)31-42-43(39,40)41-30-29-36(3,4)5/h17-18,32-33,37H,6-16,19-31H2,1-5H3,(H-,35,38,39,40)/p+1/b18-17-. The van der Waals surface area contributed by atoms with Gasteiger partial charge >= 0.3 is 7.82 Å². The molecule has 0 aliphatic heterocycles. The van der Waals surface area contributed by atoms with Crippen LogP contribution in [0.2, 0.25) is 0 Å². The van der Waals surface area contributed by atoms with E-state index in [2.05, 4.69) is 31.3 Å². The van der Waals surface area contributed by atoms with Gasteiger partial charge in [0.15, 0.2) is 0 Å². The topological polar surface area (TPSA) is 105 Å². The first-order chi connectivity index (χ1) is 20.5. The molecule has 0 aromatic carbocycles. The summed E-state index contributed by atoms with van der Waals surface area (Å²) < 4.78 is 23.3. The van der Waals surface area contributed by atoms with Gasteiger partial charge in [-0.2, -0.15) is 0 Å². The predicted octanol–water partition coefficient (Wildman–Crippen LogP) is 8.46. The number of amides is 1. The van der Waals surface area contributed by atoms with Crippen molar-refractivity contribution in [3.8, 4) is 0 Å². The highest BCUT2D eigenvalue weighted by Crippen LogP contribution is 2.43. The van der Waals surface area contributed by atoms with Crippen LogP contribution in [0.4, 0.5) is 0 Å². The van der Waals surface area contributed by atoms with Crippen molar-refractivity contribution in [3.63, 3.8) is 0 Å². The van der Waals surface area contributed by atoms with E-state index in [0.29, 0.717) is 23.9 Å². The number of allylic oxidation sites excluding steroid dienone is 2. The van der Waals surface area contributed by atoms with Crippen LogP contribution >= 0.6 is 7.82 Å². The number of phosphoric ester groups is 1.